The number of aromatic nitrogens is 3. The second-order valence-corrected chi connectivity index (χ2v) is 14.8. The number of hydrogen-bond donors (Lipinski definition) is 1. The molecule has 0 saturated carbocycles. The van der Waals surface area contributed by atoms with Crippen LogP contribution in [0.2, 0.25) is 0 Å². The number of ether oxygens (including phenoxy) is 2. The van der Waals surface area contributed by atoms with E-state index in [4.69, 9.17) is 19.0 Å². The van der Waals surface area contributed by atoms with Crippen LogP contribution in [-0.2, 0) is 38.9 Å². The van der Waals surface area contributed by atoms with E-state index in [1.165, 1.54) is 6.07 Å². The molecule has 0 atom stereocenters. The molecule has 0 spiro atoms. The highest BCUT2D eigenvalue weighted by molar-refractivity contribution is 7.92. The summed E-state index contributed by atoms with van der Waals surface area (Å²) in [5.74, 6) is 1.69. The van der Waals surface area contributed by atoms with E-state index in [0.29, 0.717) is 71.5 Å². The largest absolute Gasteiger partial charge is 0.493 e. The number of aryl methyl sites for hydroxylation is 3. The van der Waals surface area contributed by atoms with Crippen LogP contribution < -0.4 is 15.0 Å². The summed E-state index contributed by atoms with van der Waals surface area (Å²) in [4.78, 5) is 34.3. The predicted molar refractivity (Wildman–Crippen MR) is 196 cm³/mol. The Morgan fingerprint density at radius 1 is 1.06 bits per heavy atom. The number of anilines is 1. The van der Waals surface area contributed by atoms with Gasteiger partial charge >= 0.3 is 0 Å². The Kier molecular flexibility index (Phi) is 12.4. The molecular formula is C38H49N5O7S. The molecule has 0 aliphatic carbocycles. The maximum absolute atomic E-state index is 14.2. The molecule has 0 unspecified atom stereocenters. The molecule has 3 heterocycles. The first-order valence-electron chi connectivity index (χ1n) is 17.7. The average molecular weight is 720 g/mol. The van der Waals surface area contributed by atoms with Crippen molar-refractivity contribution in [2.24, 2.45) is 0 Å². The van der Waals surface area contributed by atoms with E-state index >= 15 is 0 Å². The van der Waals surface area contributed by atoms with Gasteiger partial charge in [-0.25, -0.2) is 13.4 Å². The zero-order valence-electron chi connectivity index (χ0n) is 30.5. The predicted octanol–water partition coefficient (Wildman–Crippen LogP) is 5.98. The molecule has 0 radical (unpaired) electrons. The molecule has 5 rings (SSSR count). The van der Waals surface area contributed by atoms with Crippen molar-refractivity contribution in [2.75, 3.05) is 31.6 Å². The van der Waals surface area contributed by atoms with Crippen molar-refractivity contribution in [3.05, 3.63) is 86.8 Å². The lowest BCUT2D eigenvalue weighted by molar-refractivity contribution is -0.132. The van der Waals surface area contributed by atoms with Crippen LogP contribution in [0.25, 0.3) is 11.1 Å². The van der Waals surface area contributed by atoms with Gasteiger partial charge in [-0.15, -0.1) is 0 Å². The molecule has 0 bridgehead atoms. The van der Waals surface area contributed by atoms with E-state index in [1.54, 1.807) is 55.5 Å². The number of nitrogens with one attached hydrogen (secondary N) is 1. The minimum atomic E-state index is -4.07. The molecule has 1 N–H and O–H groups in total. The van der Waals surface area contributed by atoms with Crippen LogP contribution in [0.3, 0.4) is 0 Å². The Morgan fingerprint density at radius 2 is 1.80 bits per heavy atom. The zero-order valence-corrected chi connectivity index (χ0v) is 31.3. The van der Waals surface area contributed by atoms with E-state index in [0.717, 1.165) is 37.7 Å². The molecule has 4 aromatic rings. The Morgan fingerprint density at radius 3 is 2.49 bits per heavy atom. The monoisotopic (exact) mass is 719 g/mol. The van der Waals surface area contributed by atoms with Crippen LogP contribution in [0.4, 0.5) is 5.82 Å². The molecule has 2 aromatic heterocycles. The Balaban J connectivity index is 1.51. The average Bonchev–Trinajstić information content (AvgIpc) is 3.44. The van der Waals surface area contributed by atoms with Crippen molar-refractivity contribution >= 4 is 21.7 Å². The van der Waals surface area contributed by atoms with E-state index in [2.05, 4.69) is 16.8 Å². The van der Waals surface area contributed by atoms with Crippen molar-refractivity contribution in [1.82, 2.24) is 19.6 Å². The summed E-state index contributed by atoms with van der Waals surface area (Å²) in [5.41, 5.74) is 3.15. The third-order valence-corrected chi connectivity index (χ3v) is 10.9. The molecule has 2 aromatic carbocycles. The third kappa shape index (κ3) is 8.70. The van der Waals surface area contributed by atoms with E-state index in [-0.39, 0.29) is 41.2 Å². The van der Waals surface area contributed by atoms with Gasteiger partial charge in [0, 0.05) is 60.7 Å². The highest BCUT2D eigenvalue weighted by Gasteiger charge is 2.26. The van der Waals surface area contributed by atoms with Crippen LogP contribution >= 0.6 is 0 Å². The first kappa shape index (κ1) is 37.8. The van der Waals surface area contributed by atoms with Gasteiger partial charge in [-0.2, -0.15) is 0 Å². The van der Waals surface area contributed by atoms with Gasteiger partial charge in [-0.05, 0) is 64.2 Å². The van der Waals surface area contributed by atoms with E-state index in [1.807, 2.05) is 25.1 Å². The maximum Gasteiger partial charge on any atom is 0.263 e. The number of likely N-dealkylation sites (N-methyl/N-ethyl adjacent to an activating group) is 1. The normalized spacial score (nSPS) is 13.7. The summed E-state index contributed by atoms with van der Waals surface area (Å²) in [7, 11) is -2.27. The molecule has 51 heavy (non-hydrogen) atoms. The number of nitrogens with zero attached hydrogens (tertiary/aromatic N) is 4. The number of carbonyl (C=O) groups excluding carboxylic acids is 1. The highest BCUT2D eigenvalue weighted by atomic mass is 32.2. The minimum Gasteiger partial charge on any atom is -0.493 e. The summed E-state index contributed by atoms with van der Waals surface area (Å²) >= 11 is 0. The first-order chi connectivity index (χ1) is 24.4. The molecule has 1 fully saturated rings. The van der Waals surface area contributed by atoms with Gasteiger partial charge in [-0.1, -0.05) is 55.8 Å². The summed E-state index contributed by atoms with van der Waals surface area (Å²) in [5, 5.41) is 3.88. The lowest BCUT2D eigenvalue weighted by Crippen LogP contribution is -2.42. The summed E-state index contributed by atoms with van der Waals surface area (Å²) in [6.45, 7) is 11.2. The molecule has 274 valence electrons. The molecule has 1 saturated heterocycles. The van der Waals surface area contributed by atoms with Crippen LogP contribution in [0.15, 0.2) is 56.7 Å². The van der Waals surface area contributed by atoms with Crippen molar-refractivity contribution in [1.29, 1.82) is 0 Å². The number of hydrogen-bond acceptors (Lipinski definition) is 9. The fourth-order valence-electron chi connectivity index (χ4n) is 6.22. The van der Waals surface area contributed by atoms with Crippen molar-refractivity contribution in [3.8, 4) is 16.9 Å². The Labute approximate surface area is 300 Å². The highest BCUT2D eigenvalue weighted by Crippen LogP contribution is 2.36. The van der Waals surface area contributed by atoms with E-state index in [9.17, 15) is 18.0 Å². The second kappa shape index (κ2) is 16.7. The summed E-state index contributed by atoms with van der Waals surface area (Å²) < 4.78 is 48.5. The summed E-state index contributed by atoms with van der Waals surface area (Å²) in [6.07, 6.45) is 4.64. The molecule has 1 amide bonds. The number of benzene rings is 2. The van der Waals surface area contributed by atoms with Gasteiger partial charge in [0.05, 0.1) is 24.5 Å². The van der Waals surface area contributed by atoms with Crippen molar-refractivity contribution < 1.29 is 27.2 Å². The Bertz CT molecular complexity index is 2020. The number of sulfonamides is 1. The first-order valence-corrected chi connectivity index (χ1v) is 19.2. The topological polar surface area (TPSA) is 146 Å². The Hall–Kier alpha value is -4.49. The second-order valence-electron chi connectivity index (χ2n) is 13.1. The quantitative estimate of drug-likeness (QED) is 0.157. The van der Waals surface area contributed by atoms with Gasteiger partial charge < -0.3 is 18.9 Å². The SMILES string of the molecule is CCCCc1nc(C)c(CC(=O)N(C)C2CCOCC2)c(=O)n1Cc1ccc(-c2ccccc2S(=O)(=O)Nc2noc(C)c2C)c(OCCC)c1. The molecule has 1 aliphatic rings. The minimum absolute atomic E-state index is 0.0316. The van der Waals surface area contributed by atoms with Gasteiger partial charge in [0.1, 0.15) is 17.3 Å². The molecule has 1 aliphatic heterocycles. The van der Waals surface area contributed by atoms with E-state index < -0.39 is 10.0 Å². The number of unbranched alkanes of at least 4 members (excludes halogenated alkanes) is 1. The smallest absolute Gasteiger partial charge is 0.263 e. The van der Waals surface area contributed by atoms with Crippen molar-refractivity contribution in [3.63, 3.8) is 0 Å². The zero-order chi connectivity index (χ0) is 36.7. The van der Waals surface area contributed by atoms with Crippen LogP contribution in [0.5, 0.6) is 5.75 Å². The third-order valence-electron chi connectivity index (χ3n) is 9.47. The number of rotatable bonds is 15. The number of amides is 1. The van der Waals surface area contributed by atoms with Gasteiger partial charge in [0.2, 0.25) is 5.91 Å². The number of carbonyl (C=O) groups is 1. The molecular weight excluding hydrogens is 671 g/mol. The van der Waals surface area contributed by atoms with Gasteiger partial charge in [-0.3, -0.25) is 18.9 Å². The standard InChI is InChI=1S/C38H49N5O7S/c1-7-9-14-35-39-26(4)32(23-36(44)42(6)29-17-20-48-21-18-29)38(45)43(35)24-28-15-16-30(33(22-28)49-19-8-2)31-12-10-11-13-34(31)51(46,47)41-37-25(3)27(5)50-40-37/h10-13,15-16,22,29H,7-9,14,17-21,23-24H2,1-6H3,(H,40,41). The van der Waals surface area contributed by atoms with Gasteiger partial charge in [0.15, 0.2) is 5.82 Å². The molecule has 13 heteroatoms. The van der Waals surface area contributed by atoms with Crippen LogP contribution in [-0.4, -0.2) is 66.8 Å². The van der Waals surface area contributed by atoms with Gasteiger partial charge in [0.25, 0.3) is 15.6 Å². The fraction of sp³-hybridized carbons (Fsp3) is 0.474. The lowest BCUT2D eigenvalue weighted by Gasteiger charge is -2.31. The maximum atomic E-state index is 14.2. The molecule has 12 nitrogen and oxygen atoms in total. The fourth-order valence-corrected chi connectivity index (χ4v) is 7.50. The van der Waals surface area contributed by atoms with Crippen LogP contribution in [0.1, 0.15) is 79.9 Å². The van der Waals surface area contributed by atoms with Crippen LogP contribution in [0, 0.1) is 20.8 Å². The lowest BCUT2D eigenvalue weighted by atomic mass is 10.0. The van der Waals surface area contributed by atoms with Crippen molar-refractivity contribution in [2.45, 2.75) is 97.0 Å². The summed E-state index contributed by atoms with van der Waals surface area (Å²) in [6, 6.07) is 12.3.